The Morgan fingerprint density at radius 3 is 2.16 bits per heavy atom. The lowest BCUT2D eigenvalue weighted by Crippen LogP contribution is -2.32. The van der Waals surface area contributed by atoms with Gasteiger partial charge in [-0.05, 0) is 58.9 Å². The van der Waals surface area contributed by atoms with Gasteiger partial charge in [-0.1, -0.05) is 92.1 Å². The van der Waals surface area contributed by atoms with Crippen LogP contribution < -0.4 is 5.32 Å². The van der Waals surface area contributed by atoms with Crippen molar-refractivity contribution >= 4 is 21.5 Å². The number of hydrogen-bond acceptors (Lipinski definition) is 2. The molecule has 2 heteroatoms. The van der Waals surface area contributed by atoms with Crippen LogP contribution in [0.1, 0.15) is 62.2 Å². The van der Waals surface area contributed by atoms with Crippen LogP contribution in [0, 0.1) is 5.92 Å². The first-order chi connectivity index (χ1) is 15.2. The zero-order valence-corrected chi connectivity index (χ0v) is 18.2. The summed E-state index contributed by atoms with van der Waals surface area (Å²) in [5.41, 5.74) is 2.38. The SMILES string of the molecule is C[C@@H](N[C@@H](c1c(O)ccc2ccccc12)C1CCCCC1)c1cccc2ccccc12. The summed E-state index contributed by atoms with van der Waals surface area (Å²) < 4.78 is 0. The normalized spacial score (nSPS) is 17.1. The minimum Gasteiger partial charge on any atom is -0.508 e. The first kappa shape index (κ1) is 20.1. The second kappa shape index (κ2) is 8.72. The van der Waals surface area contributed by atoms with Crippen LogP contribution in [-0.4, -0.2) is 5.11 Å². The van der Waals surface area contributed by atoms with Gasteiger partial charge in [0.1, 0.15) is 5.75 Å². The third-order valence-electron chi connectivity index (χ3n) is 7.10. The van der Waals surface area contributed by atoms with E-state index in [4.69, 9.17) is 0 Å². The maximum absolute atomic E-state index is 11.0. The van der Waals surface area contributed by atoms with E-state index in [0.29, 0.717) is 11.7 Å². The van der Waals surface area contributed by atoms with E-state index >= 15 is 0 Å². The molecule has 4 aromatic carbocycles. The maximum atomic E-state index is 11.0. The fraction of sp³-hybridized carbons (Fsp3) is 0.310. The van der Waals surface area contributed by atoms with Gasteiger partial charge in [0.15, 0.2) is 0 Å². The molecule has 158 valence electrons. The van der Waals surface area contributed by atoms with Crippen LogP contribution in [0.5, 0.6) is 5.75 Å². The van der Waals surface area contributed by atoms with E-state index in [2.05, 4.69) is 79.0 Å². The molecule has 2 N–H and O–H groups in total. The van der Waals surface area contributed by atoms with Crippen molar-refractivity contribution in [2.75, 3.05) is 0 Å². The topological polar surface area (TPSA) is 32.3 Å². The Kier molecular flexibility index (Phi) is 5.65. The summed E-state index contributed by atoms with van der Waals surface area (Å²) in [6, 6.07) is 27.8. The molecule has 1 aliphatic carbocycles. The van der Waals surface area contributed by atoms with Crippen molar-refractivity contribution in [2.24, 2.45) is 5.92 Å². The van der Waals surface area contributed by atoms with Crippen molar-refractivity contribution in [1.29, 1.82) is 0 Å². The summed E-state index contributed by atoms with van der Waals surface area (Å²) in [5, 5.41) is 19.9. The molecule has 2 nitrogen and oxygen atoms in total. The van der Waals surface area contributed by atoms with Gasteiger partial charge in [0.05, 0.1) is 0 Å². The molecular weight excluding hydrogens is 378 g/mol. The molecule has 1 saturated carbocycles. The van der Waals surface area contributed by atoms with E-state index in [1.54, 1.807) is 0 Å². The standard InChI is InChI=1S/C29H31NO/c1-20(24-17-9-14-21-10-5-7-15-25(21)24)30-29(23-12-3-2-4-13-23)28-26-16-8-6-11-22(26)18-19-27(28)31/h5-11,14-20,23,29-31H,2-4,12-13H2,1H3/t20-,29-/m1/s1. The second-order valence-corrected chi connectivity index (χ2v) is 9.05. The van der Waals surface area contributed by atoms with Gasteiger partial charge in [0.2, 0.25) is 0 Å². The Labute approximate surface area is 184 Å². The molecular formula is C29H31NO. The van der Waals surface area contributed by atoms with E-state index in [-0.39, 0.29) is 12.1 Å². The van der Waals surface area contributed by atoms with Crippen molar-refractivity contribution < 1.29 is 5.11 Å². The van der Waals surface area contributed by atoms with Crippen LogP contribution in [0.15, 0.2) is 78.9 Å². The maximum Gasteiger partial charge on any atom is 0.121 e. The van der Waals surface area contributed by atoms with Crippen LogP contribution in [0.3, 0.4) is 0 Å². The number of aromatic hydroxyl groups is 1. The third-order valence-corrected chi connectivity index (χ3v) is 7.10. The Hall–Kier alpha value is -2.84. The highest BCUT2D eigenvalue weighted by atomic mass is 16.3. The van der Waals surface area contributed by atoms with Gasteiger partial charge in [-0.3, -0.25) is 0 Å². The minimum absolute atomic E-state index is 0.125. The lowest BCUT2D eigenvalue weighted by atomic mass is 9.79. The van der Waals surface area contributed by atoms with Gasteiger partial charge in [0, 0.05) is 17.6 Å². The van der Waals surface area contributed by atoms with Gasteiger partial charge in [-0.2, -0.15) is 0 Å². The number of benzene rings is 4. The van der Waals surface area contributed by atoms with Gasteiger partial charge in [-0.25, -0.2) is 0 Å². The van der Waals surface area contributed by atoms with E-state index in [0.717, 1.165) is 10.9 Å². The Morgan fingerprint density at radius 1 is 0.742 bits per heavy atom. The minimum atomic E-state index is 0.125. The molecule has 0 bridgehead atoms. The number of nitrogens with one attached hydrogen (secondary N) is 1. The Bertz CT molecular complexity index is 1190. The van der Waals surface area contributed by atoms with Crippen LogP contribution in [0.25, 0.3) is 21.5 Å². The quantitative estimate of drug-likeness (QED) is 0.354. The highest BCUT2D eigenvalue weighted by molar-refractivity contribution is 5.88. The molecule has 31 heavy (non-hydrogen) atoms. The average molecular weight is 410 g/mol. The van der Waals surface area contributed by atoms with Crippen molar-refractivity contribution in [2.45, 2.75) is 51.1 Å². The highest BCUT2D eigenvalue weighted by Crippen LogP contribution is 2.42. The van der Waals surface area contributed by atoms with Crippen molar-refractivity contribution in [3.8, 4) is 5.75 Å². The zero-order chi connectivity index (χ0) is 21.2. The lowest BCUT2D eigenvalue weighted by molar-refractivity contribution is 0.254. The smallest absolute Gasteiger partial charge is 0.121 e. The van der Waals surface area contributed by atoms with Gasteiger partial charge < -0.3 is 10.4 Å². The second-order valence-electron chi connectivity index (χ2n) is 9.05. The molecule has 0 aliphatic heterocycles. The monoisotopic (exact) mass is 409 g/mol. The predicted octanol–water partition coefficient (Wildman–Crippen LogP) is 7.67. The first-order valence-corrected chi connectivity index (χ1v) is 11.7. The molecule has 0 unspecified atom stereocenters. The zero-order valence-electron chi connectivity index (χ0n) is 18.2. The number of fused-ring (bicyclic) bond motifs is 2. The number of hydrogen-bond donors (Lipinski definition) is 2. The molecule has 1 fully saturated rings. The molecule has 4 aromatic rings. The van der Waals surface area contributed by atoms with Gasteiger partial charge in [0.25, 0.3) is 0 Å². The molecule has 1 aliphatic rings. The van der Waals surface area contributed by atoms with Crippen molar-refractivity contribution in [3.05, 3.63) is 90.0 Å². The molecule has 2 atom stereocenters. The summed E-state index contributed by atoms with van der Waals surface area (Å²) in [4.78, 5) is 0. The number of phenolic OH excluding ortho intramolecular Hbond substituents is 1. The van der Waals surface area contributed by atoms with E-state index in [9.17, 15) is 5.11 Å². The number of phenols is 1. The Balaban J connectivity index is 1.59. The molecule has 5 rings (SSSR count). The number of rotatable bonds is 5. The molecule has 0 aromatic heterocycles. The van der Waals surface area contributed by atoms with Crippen molar-refractivity contribution in [1.82, 2.24) is 5.32 Å². The Morgan fingerprint density at radius 2 is 1.39 bits per heavy atom. The lowest BCUT2D eigenvalue weighted by Gasteiger charge is -2.35. The largest absolute Gasteiger partial charge is 0.508 e. The first-order valence-electron chi connectivity index (χ1n) is 11.7. The average Bonchev–Trinajstić information content (AvgIpc) is 2.83. The summed E-state index contributed by atoms with van der Waals surface area (Å²) >= 11 is 0. The van der Waals surface area contributed by atoms with Gasteiger partial charge in [-0.15, -0.1) is 0 Å². The van der Waals surface area contributed by atoms with Crippen LogP contribution >= 0.6 is 0 Å². The summed E-state index contributed by atoms with van der Waals surface area (Å²) in [7, 11) is 0. The van der Waals surface area contributed by atoms with E-state index < -0.39 is 0 Å². The third kappa shape index (κ3) is 3.93. The molecule has 0 heterocycles. The van der Waals surface area contributed by atoms with Crippen LogP contribution in [0.2, 0.25) is 0 Å². The van der Waals surface area contributed by atoms with E-state index in [1.807, 2.05) is 12.1 Å². The van der Waals surface area contributed by atoms with E-state index in [1.165, 1.54) is 53.8 Å². The summed E-state index contributed by atoms with van der Waals surface area (Å²) in [6.45, 7) is 2.26. The van der Waals surface area contributed by atoms with Gasteiger partial charge >= 0.3 is 0 Å². The van der Waals surface area contributed by atoms with Crippen molar-refractivity contribution in [3.63, 3.8) is 0 Å². The fourth-order valence-electron chi connectivity index (χ4n) is 5.52. The van der Waals surface area contributed by atoms with Crippen LogP contribution in [0.4, 0.5) is 0 Å². The highest BCUT2D eigenvalue weighted by Gasteiger charge is 2.30. The summed E-state index contributed by atoms with van der Waals surface area (Å²) in [6.07, 6.45) is 6.29. The fourth-order valence-corrected chi connectivity index (χ4v) is 5.52. The molecule has 0 radical (unpaired) electrons. The molecule has 0 spiro atoms. The molecule has 0 saturated heterocycles. The molecule has 0 amide bonds. The summed E-state index contributed by atoms with van der Waals surface area (Å²) in [5.74, 6) is 0.940. The van der Waals surface area contributed by atoms with Crippen LogP contribution in [-0.2, 0) is 0 Å². The predicted molar refractivity (Wildman–Crippen MR) is 130 cm³/mol.